The molecule has 1 fully saturated rings. The summed E-state index contributed by atoms with van der Waals surface area (Å²) in [5.41, 5.74) is 2.07. The van der Waals surface area contributed by atoms with Gasteiger partial charge < -0.3 is 0 Å². The summed E-state index contributed by atoms with van der Waals surface area (Å²) in [5, 5.41) is 7.60. The van der Waals surface area contributed by atoms with Gasteiger partial charge in [-0.25, -0.2) is 4.98 Å². The van der Waals surface area contributed by atoms with E-state index in [9.17, 15) is 4.79 Å². The van der Waals surface area contributed by atoms with Crippen molar-refractivity contribution in [2.75, 3.05) is 18.4 Å². The molecule has 0 aromatic carbocycles. The van der Waals surface area contributed by atoms with Crippen molar-refractivity contribution < 1.29 is 4.79 Å². The first-order chi connectivity index (χ1) is 10.6. The van der Waals surface area contributed by atoms with E-state index in [1.165, 1.54) is 35.5 Å². The van der Waals surface area contributed by atoms with Crippen LogP contribution in [0.1, 0.15) is 40.7 Å². The molecule has 1 unspecified atom stereocenters. The van der Waals surface area contributed by atoms with Crippen molar-refractivity contribution >= 4 is 33.7 Å². The van der Waals surface area contributed by atoms with Crippen LogP contribution in [0.25, 0.3) is 0 Å². The zero-order valence-electron chi connectivity index (χ0n) is 13.0. The minimum atomic E-state index is -0.0556. The molecule has 0 radical (unpaired) electrons. The number of likely N-dealkylation sites (tertiary alicyclic amines) is 1. The van der Waals surface area contributed by atoms with E-state index in [4.69, 9.17) is 0 Å². The summed E-state index contributed by atoms with van der Waals surface area (Å²) in [6, 6.07) is 1.96. The maximum atomic E-state index is 12.2. The lowest BCUT2D eigenvalue weighted by Crippen LogP contribution is -2.33. The zero-order chi connectivity index (χ0) is 15.5. The Balaban J connectivity index is 1.59. The second kappa shape index (κ2) is 6.89. The van der Waals surface area contributed by atoms with Gasteiger partial charge >= 0.3 is 0 Å². The lowest BCUT2D eigenvalue weighted by Gasteiger charge is -2.30. The fraction of sp³-hybridized carbons (Fsp3) is 0.500. The zero-order valence-corrected chi connectivity index (χ0v) is 14.6. The average molecular weight is 335 g/mol. The Morgan fingerprint density at radius 2 is 2.36 bits per heavy atom. The molecule has 1 aliphatic rings. The number of nitrogens with zero attached hydrogens (tertiary/aromatic N) is 2. The Labute approximate surface area is 139 Å². The Morgan fingerprint density at radius 1 is 1.50 bits per heavy atom. The third-order valence-electron chi connectivity index (χ3n) is 3.97. The van der Waals surface area contributed by atoms with Crippen LogP contribution in [0.2, 0.25) is 0 Å². The quantitative estimate of drug-likeness (QED) is 0.918. The van der Waals surface area contributed by atoms with E-state index < -0.39 is 0 Å². The lowest BCUT2D eigenvalue weighted by atomic mass is 10.0. The van der Waals surface area contributed by atoms with Crippen molar-refractivity contribution in [3.05, 3.63) is 33.0 Å². The van der Waals surface area contributed by atoms with Crippen LogP contribution in [0.4, 0.5) is 5.13 Å². The molecule has 1 aliphatic heterocycles. The number of thiazole rings is 1. The minimum absolute atomic E-state index is 0.0556. The van der Waals surface area contributed by atoms with Crippen LogP contribution >= 0.6 is 22.7 Å². The molecular weight excluding hydrogens is 314 g/mol. The number of carbonyl (C=O) groups is 1. The molecule has 0 aliphatic carbocycles. The second-order valence-electron chi connectivity index (χ2n) is 6.01. The molecule has 3 heterocycles. The van der Waals surface area contributed by atoms with Gasteiger partial charge in [0.2, 0.25) is 0 Å². The molecule has 1 amide bonds. The van der Waals surface area contributed by atoms with E-state index >= 15 is 0 Å². The van der Waals surface area contributed by atoms with Crippen molar-refractivity contribution in [1.82, 2.24) is 9.88 Å². The van der Waals surface area contributed by atoms with Crippen LogP contribution in [-0.2, 0) is 6.54 Å². The van der Waals surface area contributed by atoms with Crippen LogP contribution in [0.5, 0.6) is 0 Å². The molecule has 1 atom stereocenters. The molecule has 2 aromatic rings. The van der Waals surface area contributed by atoms with Gasteiger partial charge in [0.15, 0.2) is 5.13 Å². The molecule has 0 saturated carbocycles. The Kier molecular flexibility index (Phi) is 4.90. The highest BCUT2D eigenvalue weighted by Crippen LogP contribution is 2.22. The van der Waals surface area contributed by atoms with Gasteiger partial charge in [-0.15, -0.1) is 22.7 Å². The predicted molar refractivity (Wildman–Crippen MR) is 92.8 cm³/mol. The highest BCUT2D eigenvalue weighted by molar-refractivity contribution is 7.14. The summed E-state index contributed by atoms with van der Waals surface area (Å²) in [5.74, 6) is 0.716. The van der Waals surface area contributed by atoms with E-state index in [1.54, 1.807) is 0 Å². The number of nitrogens with one attached hydrogen (secondary N) is 1. The van der Waals surface area contributed by atoms with Crippen molar-refractivity contribution in [3.8, 4) is 0 Å². The van der Waals surface area contributed by atoms with E-state index in [0.29, 0.717) is 5.13 Å². The number of thiophene rings is 1. The molecule has 4 nitrogen and oxygen atoms in total. The topological polar surface area (TPSA) is 45.2 Å². The van der Waals surface area contributed by atoms with Gasteiger partial charge in [0.05, 0.1) is 10.6 Å². The van der Waals surface area contributed by atoms with Gasteiger partial charge in [-0.3, -0.25) is 15.0 Å². The summed E-state index contributed by atoms with van der Waals surface area (Å²) >= 11 is 2.97. The molecule has 1 N–H and O–H groups in total. The predicted octanol–water partition coefficient (Wildman–Crippen LogP) is 4.00. The number of carbonyl (C=O) groups excluding carboxylic acids is 1. The highest BCUT2D eigenvalue weighted by Gasteiger charge is 2.18. The number of hydrogen-bond donors (Lipinski definition) is 1. The number of rotatable bonds is 4. The third kappa shape index (κ3) is 3.74. The maximum Gasteiger partial charge on any atom is 0.267 e. The first kappa shape index (κ1) is 15.6. The highest BCUT2D eigenvalue weighted by atomic mass is 32.1. The summed E-state index contributed by atoms with van der Waals surface area (Å²) in [7, 11) is 0. The fourth-order valence-corrected chi connectivity index (χ4v) is 4.37. The maximum absolute atomic E-state index is 12.2. The van der Waals surface area contributed by atoms with Gasteiger partial charge in [0.25, 0.3) is 5.91 Å². The third-order valence-corrected chi connectivity index (χ3v) is 5.79. The molecule has 1 saturated heterocycles. The number of amides is 1. The summed E-state index contributed by atoms with van der Waals surface area (Å²) < 4.78 is 0. The monoisotopic (exact) mass is 335 g/mol. The number of anilines is 1. The SMILES string of the molecule is Cc1ccsc1C(=O)Nc1nc(CN2CCCC(C)C2)cs1. The van der Waals surface area contributed by atoms with E-state index in [-0.39, 0.29) is 5.91 Å². The molecule has 0 bridgehead atoms. The van der Waals surface area contributed by atoms with Gasteiger partial charge in [-0.05, 0) is 49.2 Å². The lowest BCUT2D eigenvalue weighted by molar-refractivity contribution is 0.103. The van der Waals surface area contributed by atoms with Gasteiger partial charge in [-0.1, -0.05) is 6.92 Å². The Bertz CT molecular complexity index is 649. The number of aromatic nitrogens is 1. The number of piperidine rings is 1. The van der Waals surface area contributed by atoms with Gasteiger partial charge in [0, 0.05) is 18.5 Å². The van der Waals surface area contributed by atoms with Gasteiger partial charge in [0.1, 0.15) is 0 Å². The summed E-state index contributed by atoms with van der Waals surface area (Å²) in [6.45, 7) is 7.44. The minimum Gasteiger partial charge on any atom is -0.297 e. The Morgan fingerprint density at radius 3 is 3.09 bits per heavy atom. The molecular formula is C16H21N3OS2. The van der Waals surface area contributed by atoms with Crippen molar-refractivity contribution in [2.45, 2.75) is 33.2 Å². The number of aryl methyl sites for hydroxylation is 1. The normalized spacial score (nSPS) is 19.3. The Hall–Kier alpha value is -1.24. The molecule has 3 rings (SSSR count). The second-order valence-corrected chi connectivity index (χ2v) is 7.79. The van der Waals surface area contributed by atoms with Crippen LogP contribution in [-0.4, -0.2) is 28.9 Å². The molecule has 2 aromatic heterocycles. The smallest absolute Gasteiger partial charge is 0.267 e. The fourth-order valence-electron chi connectivity index (χ4n) is 2.86. The van der Waals surface area contributed by atoms with Crippen LogP contribution in [0.3, 0.4) is 0 Å². The van der Waals surface area contributed by atoms with E-state index in [0.717, 1.165) is 41.7 Å². The van der Waals surface area contributed by atoms with E-state index in [2.05, 4.69) is 27.5 Å². The largest absolute Gasteiger partial charge is 0.297 e. The standard InChI is InChI=1S/C16H21N3OS2/c1-11-4-3-6-19(8-11)9-13-10-22-16(17-13)18-15(20)14-12(2)5-7-21-14/h5,7,10-11H,3-4,6,8-9H2,1-2H3,(H,17,18,20). The first-order valence-corrected chi connectivity index (χ1v) is 9.40. The number of hydrogen-bond acceptors (Lipinski definition) is 5. The summed E-state index contributed by atoms with van der Waals surface area (Å²) in [4.78, 5) is 20.0. The van der Waals surface area contributed by atoms with Crippen LogP contribution in [0.15, 0.2) is 16.8 Å². The molecule has 6 heteroatoms. The van der Waals surface area contributed by atoms with Crippen molar-refractivity contribution in [2.24, 2.45) is 5.92 Å². The van der Waals surface area contributed by atoms with E-state index in [1.807, 2.05) is 18.4 Å². The molecule has 118 valence electrons. The summed E-state index contributed by atoms with van der Waals surface area (Å²) in [6.07, 6.45) is 2.60. The van der Waals surface area contributed by atoms with Crippen LogP contribution in [0, 0.1) is 12.8 Å². The van der Waals surface area contributed by atoms with Crippen LogP contribution < -0.4 is 5.32 Å². The van der Waals surface area contributed by atoms with Gasteiger partial charge in [-0.2, -0.15) is 0 Å². The molecule has 0 spiro atoms. The first-order valence-electron chi connectivity index (χ1n) is 7.64. The van der Waals surface area contributed by atoms with Crippen molar-refractivity contribution in [3.63, 3.8) is 0 Å². The average Bonchev–Trinajstić information content (AvgIpc) is 3.08. The molecule has 22 heavy (non-hydrogen) atoms. The van der Waals surface area contributed by atoms with Crippen molar-refractivity contribution in [1.29, 1.82) is 0 Å².